The summed E-state index contributed by atoms with van der Waals surface area (Å²) < 4.78 is 13.7. The van der Waals surface area contributed by atoms with Crippen LogP contribution in [0.3, 0.4) is 0 Å². The molecule has 1 unspecified atom stereocenters. The molecule has 5 aromatic rings. The minimum absolute atomic E-state index is 0.0146. The number of aliphatic hydroxyl groups excluding tert-OH is 1. The van der Waals surface area contributed by atoms with E-state index in [9.17, 15) is 33.9 Å². The lowest BCUT2D eigenvalue weighted by atomic mass is 9.93. The summed E-state index contributed by atoms with van der Waals surface area (Å²) in [7, 11) is 0. The number of hydrogen-bond donors (Lipinski definition) is 4. The number of tetrazole rings is 1. The molecule has 1 aliphatic carbocycles. The van der Waals surface area contributed by atoms with E-state index in [4.69, 9.17) is 21.1 Å². The van der Waals surface area contributed by atoms with Crippen molar-refractivity contribution in [2.75, 3.05) is 28.6 Å². The summed E-state index contributed by atoms with van der Waals surface area (Å²) in [6.07, 6.45) is 2.73. The third kappa shape index (κ3) is 11.1. The van der Waals surface area contributed by atoms with Crippen LogP contribution in [-0.2, 0) is 30.3 Å². The van der Waals surface area contributed by atoms with Gasteiger partial charge in [0, 0.05) is 47.3 Å². The highest BCUT2D eigenvalue weighted by Crippen LogP contribution is 2.31. The first-order valence-electron chi connectivity index (χ1n) is 21.2. The Balaban J connectivity index is 1.17. The van der Waals surface area contributed by atoms with Crippen molar-refractivity contribution in [3.8, 4) is 5.69 Å². The quantitative estimate of drug-likeness (QED) is 0.0954. The Bertz CT molecular complexity index is 2610. The molecule has 1 atom stereocenters. The van der Waals surface area contributed by atoms with Gasteiger partial charge in [-0.15, -0.1) is 5.10 Å². The number of amides is 5. The number of aliphatic hydroxyl groups is 1. The van der Waals surface area contributed by atoms with Gasteiger partial charge in [-0.05, 0) is 138 Å². The number of aromatic nitrogens is 5. The molecule has 5 amide bonds. The summed E-state index contributed by atoms with van der Waals surface area (Å²) in [5, 5.41) is 30.5. The topological polar surface area (TPSA) is 232 Å². The minimum Gasteiger partial charge on any atom is -0.455 e. The van der Waals surface area contributed by atoms with Crippen molar-refractivity contribution in [1.29, 1.82) is 0 Å². The highest BCUT2D eigenvalue weighted by atomic mass is 35.5. The SMILES string of the molecule is CC(C)(C)OC(=O)c1cc2cc(NC(=O)C(Cc3ccc(NC(=O)NC4CCC(O)CC4)cc3)N3CCN(c4cc(Cl)ccc4-n4cnnn4)C(=O)C3=O)ccc2n1C(=O)OC(C)(C)C. The summed E-state index contributed by atoms with van der Waals surface area (Å²) in [6, 6.07) is 16.0. The summed E-state index contributed by atoms with van der Waals surface area (Å²) >= 11 is 6.36. The van der Waals surface area contributed by atoms with E-state index in [1.165, 1.54) is 32.9 Å². The second-order valence-electron chi connectivity index (χ2n) is 18.0. The van der Waals surface area contributed by atoms with Gasteiger partial charge < -0.3 is 40.3 Å². The fourth-order valence-electron chi connectivity index (χ4n) is 7.72. The number of urea groups is 1. The lowest BCUT2D eigenvalue weighted by Gasteiger charge is -2.38. The molecule has 0 bridgehead atoms. The number of fused-ring (bicyclic) bond motifs is 1. The van der Waals surface area contributed by atoms with E-state index in [0.717, 1.165) is 4.57 Å². The van der Waals surface area contributed by atoms with Crippen LogP contribution in [0.15, 0.2) is 73.1 Å². The molecule has 7 rings (SSSR count). The molecule has 4 N–H and O–H groups in total. The van der Waals surface area contributed by atoms with E-state index < -0.39 is 53.1 Å². The van der Waals surface area contributed by atoms with Gasteiger partial charge in [0.1, 0.15) is 29.3 Å². The average Bonchev–Trinajstić information content (AvgIpc) is 3.90. The number of piperazine rings is 1. The highest BCUT2D eigenvalue weighted by Gasteiger charge is 2.41. The molecule has 65 heavy (non-hydrogen) atoms. The van der Waals surface area contributed by atoms with E-state index in [2.05, 4.69) is 31.5 Å². The molecule has 3 heterocycles. The molecular formula is C45H51ClN10O9. The molecule has 3 aromatic carbocycles. The Hall–Kier alpha value is -6.86. The Kier molecular flexibility index (Phi) is 13.3. The standard InChI is InChI=1S/C45H51ClN10O9/c1-44(2,3)64-41(61)37-23-27-22-31(14-18-33(27)56(37)43(63)65-45(4,5)6)48-38(58)36(21-26-7-10-29(11-8-26)49-42(62)50-30-12-15-32(57)16-13-30)54-20-19-53(39(59)40(54)60)35-24-28(46)9-17-34(35)55-25-47-51-52-55/h7-11,14,17-18,22-25,30,32,36,57H,12-13,15-16,19-21H2,1-6H3,(H,48,58)(H2,49,50,62). The van der Waals surface area contributed by atoms with E-state index in [0.29, 0.717) is 58.5 Å². The summed E-state index contributed by atoms with van der Waals surface area (Å²) in [4.78, 5) is 85.0. The molecule has 1 saturated heterocycles. The van der Waals surface area contributed by atoms with Crippen LogP contribution in [0.4, 0.5) is 26.7 Å². The van der Waals surface area contributed by atoms with Gasteiger partial charge in [0.2, 0.25) is 5.91 Å². The second kappa shape index (κ2) is 18.7. The smallest absolute Gasteiger partial charge is 0.419 e. The highest BCUT2D eigenvalue weighted by molar-refractivity contribution is 6.41. The molecule has 0 spiro atoms. The van der Waals surface area contributed by atoms with Crippen molar-refractivity contribution in [2.45, 2.75) is 103 Å². The third-order valence-corrected chi connectivity index (χ3v) is 10.9. The number of carbonyl (C=O) groups excluding carboxylic acids is 6. The van der Waals surface area contributed by atoms with Crippen LogP contribution in [0.25, 0.3) is 16.6 Å². The van der Waals surface area contributed by atoms with Gasteiger partial charge in [-0.3, -0.25) is 14.4 Å². The van der Waals surface area contributed by atoms with Crippen LogP contribution in [-0.4, -0.2) is 113 Å². The predicted molar refractivity (Wildman–Crippen MR) is 240 cm³/mol. The molecule has 1 saturated carbocycles. The zero-order chi connectivity index (χ0) is 46.8. The molecule has 2 aliphatic rings. The number of carbonyl (C=O) groups is 6. The van der Waals surface area contributed by atoms with Crippen LogP contribution >= 0.6 is 11.6 Å². The molecule has 1 aliphatic heterocycles. The molecule has 0 radical (unpaired) electrons. The Morgan fingerprint density at radius 1 is 0.815 bits per heavy atom. The number of esters is 1. The largest absolute Gasteiger partial charge is 0.455 e. The van der Waals surface area contributed by atoms with E-state index >= 15 is 0 Å². The number of nitrogens with one attached hydrogen (secondary N) is 3. The van der Waals surface area contributed by atoms with Gasteiger partial charge in [0.05, 0.1) is 23.0 Å². The van der Waals surface area contributed by atoms with Crippen molar-refractivity contribution >= 4 is 75.4 Å². The Labute approximate surface area is 379 Å². The van der Waals surface area contributed by atoms with Gasteiger partial charge in [-0.25, -0.2) is 19.0 Å². The lowest BCUT2D eigenvalue weighted by Crippen LogP contribution is -2.60. The minimum atomic E-state index is -1.23. The van der Waals surface area contributed by atoms with Crippen LogP contribution < -0.4 is 20.9 Å². The van der Waals surface area contributed by atoms with Gasteiger partial charge >= 0.3 is 29.9 Å². The zero-order valence-corrected chi connectivity index (χ0v) is 37.6. The summed E-state index contributed by atoms with van der Waals surface area (Å²) in [6.45, 7) is 10.1. The van der Waals surface area contributed by atoms with Crippen molar-refractivity contribution < 1.29 is 43.3 Å². The molecule has 2 aromatic heterocycles. The van der Waals surface area contributed by atoms with E-state index in [1.807, 2.05) is 0 Å². The van der Waals surface area contributed by atoms with E-state index in [-0.39, 0.29) is 48.7 Å². The number of hydrogen-bond acceptors (Lipinski definition) is 12. The van der Waals surface area contributed by atoms with Crippen LogP contribution in [0.5, 0.6) is 0 Å². The number of nitrogens with zero attached hydrogens (tertiary/aromatic N) is 7. The normalized spacial score (nSPS) is 17.4. The predicted octanol–water partition coefficient (Wildman–Crippen LogP) is 5.86. The maximum Gasteiger partial charge on any atom is 0.419 e. The number of halogens is 1. The van der Waals surface area contributed by atoms with Gasteiger partial charge in [0.25, 0.3) is 0 Å². The van der Waals surface area contributed by atoms with Crippen LogP contribution in [0.2, 0.25) is 5.02 Å². The van der Waals surface area contributed by atoms with Gasteiger partial charge in [-0.2, -0.15) is 4.68 Å². The van der Waals surface area contributed by atoms with Gasteiger partial charge in [-0.1, -0.05) is 23.7 Å². The van der Waals surface area contributed by atoms with Crippen molar-refractivity contribution in [3.63, 3.8) is 0 Å². The summed E-state index contributed by atoms with van der Waals surface area (Å²) in [5.74, 6) is -3.25. The van der Waals surface area contributed by atoms with E-state index in [1.54, 1.807) is 96.1 Å². The first-order valence-corrected chi connectivity index (χ1v) is 21.5. The van der Waals surface area contributed by atoms with Crippen molar-refractivity contribution in [2.24, 2.45) is 0 Å². The Morgan fingerprint density at radius 2 is 1.51 bits per heavy atom. The zero-order valence-electron chi connectivity index (χ0n) is 36.8. The lowest BCUT2D eigenvalue weighted by molar-refractivity contribution is -0.149. The first-order chi connectivity index (χ1) is 30.7. The molecule has 19 nitrogen and oxygen atoms in total. The first kappa shape index (κ1) is 46.1. The van der Waals surface area contributed by atoms with Crippen molar-refractivity contribution in [1.82, 2.24) is 35.0 Å². The van der Waals surface area contributed by atoms with Crippen molar-refractivity contribution in [3.05, 3.63) is 89.3 Å². The Morgan fingerprint density at radius 3 is 2.17 bits per heavy atom. The molecular weight excluding hydrogens is 860 g/mol. The maximum atomic E-state index is 14.5. The summed E-state index contributed by atoms with van der Waals surface area (Å²) in [5.41, 5.74) is 0.523. The van der Waals surface area contributed by atoms with Crippen LogP contribution in [0, 0.1) is 0 Å². The molecule has 342 valence electrons. The van der Waals surface area contributed by atoms with Gasteiger partial charge in [0.15, 0.2) is 0 Å². The average molecular weight is 911 g/mol. The number of anilines is 3. The fraction of sp³-hybridized carbons (Fsp3) is 0.400. The number of rotatable bonds is 10. The monoisotopic (exact) mass is 910 g/mol. The molecule has 20 heteroatoms. The second-order valence-corrected chi connectivity index (χ2v) is 18.4. The third-order valence-electron chi connectivity index (χ3n) is 10.7. The maximum absolute atomic E-state index is 14.5. The number of benzene rings is 3. The fourth-order valence-corrected chi connectivity index (χ4v) is 7.89. The number of ether oxygens (including phenoxy) is 2. The molecule has 2 fully saturated rings. The van der Waals surface area contributed by atoms with Crippen LogP contribution in [0.1, 0.15) is 83.3 Å².